The van der Waals surface area contributed by atoms with Gasteiger partial charge in [-0.3, -0.25) is 9.69 Å². The molecule has 4 rings (SSSR count). The lowest BCUT2D eigenvalue weighted by molar-refractivity contribution is -0.124. The van der Waals surface area contributed by atoms with Crippen molar-refractivity contribution in [2.45, 2.75) is 44.7 Å². The highest BCUT2D eigenvalue weighted by molar-refractivity contribution is 6.42. The summed E-state index contributed by atoms with van der Waals surface area (Å²) in [7, 11) is 0. The Morgan fingerprint density at radius 1 is 1.19 bits per heavy atom. The quantitative estimate of drug-likeness (QED) is 0.819. The number of hydrogen-bond acceptors (Lipinski definition) is 3. The standard InChI is InChI=1S/C20H27Cl2N3O/c21-17-2-1-14(11-18(17)22)13-25-9-3-15(4-10-25)24-19(26)16-12-20(16)5-7-23-8-6-20/h1-2,11,15-16,23H,3-10,12-13H2,(H,24,26). The van der Waals surface area contributed by atoms with Crippen LogP contribution in [0.25, 0.3) is 0 Å². The molecule has 26 heavy (non-hydrogen) atoms. The monoisotopic (exact) mass is 395 g/mol. The zero-order valence-electron chi connectivity index (χ0n) is 15.1. The first-order valence-corrected chi connectivity index (χ1v) is 10.5. The number of carbonyl (C=O) groups excluding carboxylic acids is 1. The molecule has 1 atom stereocenters. The maximum absolute atomic E-state index is 12.6. The van der Waals surface area contributed by atoms with Gasteiger partial charge in [-0.25, -0.2) is 0 Å². The summed E-state index contributed by atoms with van der Waals surface area (Å²) in [5.74, 6) is 0.564. The number of nitrogens with one attached hydrogen (secondary N) is 2. The summed E-state index contributed by atoms with van der Waals surface area (Å²) >= 11 is 12.1. The third-order valence-electron chi connectivity index (χ3n) is 6.43. The van der Waals surface area contributed by atoms with Crippen LogP contribution in [0.3, 0.4) is 0 Å². The van der Waals surface area contributed by atoms with Gasteiger partial charge in [0.05, 0.1) is 10.0 Å². The van der Waals surface area contributed by atoms with Gasteiger partial charge in [0.2, 0.25) is 5.91 Å². The Labute approximate surface area is 165 Å². The van der Waals surface area contributed by atoms with Crippen molar-refractivity contribution in [3.05, 3.63) is 33.8 Å². The van der Waals surface area contributed by atoms with Gasteiger partial charge in [0.15, 0.2) is 0 Å². The lowest BCUT2D eigenvalue weighted by atomic mass is 9.91. The molecule has 1 aliphatic carbocycles. The van der Waals surface area contributed by atoms with Crippen LogP contribution in [0.4, 0.5) is 0 Å². The fraction of sp³-hybridized carbons (Fsp3) is 0.650. The molecule has 0 aromatic heterocycles. The van der Waals surface area contributed by atoms with E-state index >= 15 is 0 Å². The van der Waals surface area contributed by atoms with Gasteiger partial charge in [0.1, 0.15) is 0 Å². The minimum absolute atomic E-state index is 0.263. The molecule has 1 saturated carbocycles. The van der Waals surface area contributed by atoms with Gasteiger partial charge in [-0.05, 0) is 68.3 Å². The SMILES string of the molecule is O=C(NC1CCN(Cc2ccc(Cl)c(Cl)c2)CC1)C1CC12CCNCC2. The molecule has 1 spiro atoms. The molecule has 1 aromatic rings. The van der Waals surface area contributed by atoms with Crippen LogP contribution in [0.5, 0.6) is 0 Å². The number of halogens is 2. The van der Waals surface area contributed by atoms with E-state index in [1.165, 1.54) is 5.56 Å². The third kappa shape index (κ3) is 4.04. The molecule has 3 aliphatic rings. The highest BCUT2D eigenvalue weighted by Crippen LogP contribution is 2.58. The van der Waals surface area contributed by atoms with Crippen molar-refractivity contribution in [1.82, 2.24) is 15.5 Å². The highest BCUT2D eigenvalue weighted by atomic mass is 35.5. The van der Waals surface area contributed by atoms with Crippen LogP contribution in [-0.4, -0.2) is 43.0 Å². The molecule has 0 radical (unpaired) electrons. The fourth-order valence-corrected chi connectivity index (χ4v) is 4.95. The number of amides is 1. The van der Waals surface area contributed by atoms with E-state index in [9.17, 15) is 4.79 Å². The van der Waals surface area contributed by atoms with E-state index in [-0.39, 0.29) is 5.92 Å². The molecule has 6 heteroatoms. The Balaban J connectivity index is 1.22. The second-order valence-electron chi connectivity index (χ2n) is 8.18. The lowest BCUT2D eigenvalue weighted by Crippen LogP contribution is -2.45. The number of rotatable bonds is 4. The Morgan fingerprint density at radius 2 is 1.92 bits per heavy atom. The minimum Gasteiger partial charge on any atom is -0.353 e. The van der Waals surface area contributed by atoms with Gasteiger partial charge in [-0.1, -0.05) is 29.3 Å². The third-order valence-corrected chi connectivity index (χ3v) is 7.17. The second-order valence-corrected chi connectivity index (χ2v) is 8.99. The summed E-state index contributed by atoms with van der Waals surface area (Å²) in [6.45, 7) is 5.03. The number of hydrogen-bond donors (Lipinski definition) is 2. The Bertz CT molecular complexity index is 667. The topological polar surface area (TPSA) is 44.4 Å². The Morgan fingerprint density at radius 3 is 2.62 bits per heavy atom. The van der Waals surface area contributed by atoms with Crippen molar-refractivity contribution in [3.8, 4) is 0 Å². The molecule has 3 fully saturated rings. The van der Waals surface area contributed by atoms with Gasteiger partial charge >= 0.3 is 0 Å². The maximum Gasteiger partial charge on any atom is 0.223 e. The van der Waals surface area contributed by atoms with E-state index in [0.717, 1.165) is 64.8 Å². The van der Waals surface area contributed by atoms with Gasteiger partial charge in [0.25, 0.3) is 0 Å². The van der Waals surface area contributed by atoms with E-state index in [4.69, 9.17) is 23.2 Å². The van der Waals surface area contributed by atoms with Crippen molar-refractivity contribution in [2.75, 3.05) is 26.2 Å². The first-order chi connectivity index (χ1) is 12.6. The van der Waals surface area contributed by atoms with Crippen molar-refractivity contribution >= 4 is 29.1 Å². The van der Waals surface area contributed by atoms with Crippen LogP contribution in [0.1, 0.15) is 37.7 Å². The predicted molar refractivity (Wildman–Crippen MR) is 106 cm³/mol. The normalized spacial score (nSPS) is 26.0. The van der Waals surface area contributed by atoms with Gasteiger partial charge < -0.3 is 10.6 Å². The molecule has 2 saturated heterocycles. The molecule has 4 nitrogen and oxygen atoms in total. The summed E-state index contributed by atoms with van der Waals surface area (Å²) in [6, 6.07) is 6.17. The van der Waals surface area contributed by atoms with E-state index in [2.05, 4.69) is 15.5 Å². The van der Waals surface area contributed by atoms with Crippen molar-refractivity contribution in [2.24, 2.45) is 11.3 Å². The minimum atomic E-state index is 0.263. The largest absolute Gasteiger partial charge is 0.353 e. The smallest absolute Gasteiger partial charge is 0.223 e. The zero-order chi connectivity index (χ0) is 18.1. The Kier molecular flexibility index (Phi) is 5.47. The first kappa shape index (κ1) is 18.5. The zero-order valence-corrected chi connectivity index (χ0v) is 16.6. The van der Waals surface area contributed by atoms with E-state index in [1.54, 1.807) is 0 Å². The average molecular weight is 396 g/mol. The number of nitrogens with zero attached hydrogens (tertiary/aromatic N) is 1. The van der Waals surface area contributed by atoms with Crippen LogP contribution in [0.2, 0.25) is 10.0 Å². The molecule has 1 unspecified atom stereocenters. The van der Waals surface area contributed by atoms with E-state index in [1.807, 2.05) is 18.2 Å². The molecule has 0 bridgehead atoms. The van der Waals surface area contributed by atoms with Crippen LogP contribution in [0, 0.1) is 11.3 Å². The molecule has 2 N–H and O–H groups in total. The molecule has 1 aromatic carbocycles. The number of carbonyl (C=O) groups is 1. The Hall–Kier alpha value is -0.810. The summed E-state index contributed by atoms with van der Waals surface area (Å²) < 4.78 is 0. The van der Waals surface area contributed by atoms with Crippen LogP contribution >= 0.6 is 23.2 Å². The van der Waals surface area contributed by atoms with Crippen LogP contribution in [-0.2, 0) is 11.3 Å². The van der Waals surface area contributed by atoms with Gasteiger partial charge in [-0.15, -0.1) is 0 Å². The van der Waals surface area contributed by atoms with Gasteiger partial charge in [-0.2, -0.15) is 0 Å². The lowest BCUT2D eigenvalue weighted by Gasteiger charge is -2.32. The number of likely N-dealkylation sites (tertiary alicyclic amines) is 1. The van der Waals surface area contributed by atoms with Crippen LogP contribution < -0.4 is 10.6 Å². The van der Waals surface area contributed by atoms with Crippen molar-refractivity contribution in [3.63, 3.8) is 0 Å². The first-order valence-electron chi connectivity index (χ1n) is 9.73. The molecule has 142 valence electrons. The highest BCUT2D eigenvalue weighted by Gasteiger charge is 2.57. The second kappa shape index (κ2) is 7.67. The van der Waals surface area contributed by atoms with E-state index in [0.29, 0.717) is 27.4 Å². The van der Waals surface area contributed by atoms with E-state index < -0.39 is 0 Å². The summed E-state index contributed by atoms with van der Waals surface area (Å²) in [4.78, 5) is 15.0. The number of benzene rings is 1. The maximum atomic E-state index is 12.6. The number of piperidine rings is 2. The molecule has 2 heterocycles. The van der Waals surface area contributed by atoms with Crippen molar-refractivity contribution < 1.29 is 4.79 Å². The van der Waals surface area contributed by atoms with Crippen LogP contribution in [0.15, 0.2) is 18.2 Å². The van der Waals surface area contributed by atoms with Crippen molar-refractivity contribution in [1.29, 1.82) is 0 Å². The molecular weight excluding hydrogens is 369 g/mol. The van der Waals surface area contributed by atoms with Gasteiger partial charge in [0, 0.05) is 31.6 Å². The fourth-order valence-electron chi connectivity index (χ4n) is 4.63. The average Bonchev–Trinajstić information content (AvgIpc) is 3.33. The molecular formula is C20H27Cl2N3O. The summed E-state index contributed by atoms with van der Waals surface area (Å²) in [5.41, 5.74) is 1.51. The summed E-state index contributed by atoms with van der Waals surface area (Å²) in [6.07, 6.45) is 5.46. The summed E-state index contributed by atoms with van der Waals surface area (Å²) in [5, 5.41) is 7.94. The molecule has 1 amide bonds. The predicted octanol–water partition coefficient (Wildman–Crippen LogP) is 3.46. The molecule has 2 aliphatic heterocycles.